The van der Waals surface area contributed by atoms with Crippen molar-refractivity contribution in [2.24, 2.45) is 0 Å². The number of aliphatic hydroxyl groups is 1. The van der Waals surface area contributed by atoms with E-state index in [4.69, 9.17) is 16.7 Å². The maximum absolute atomic E-state index is 11.8. The lowest BCUT2D eigenvalue weighted by molar-refractivity contribution is -0.116. The number of halogens is 1. The Morgan fingerprint density at radius 2 is 2.33 bits per heavy atom. The van der Waals surface area contributed by atoms with Gasteiger partial charge < -0.3 is 10.4 Å². The first-order chi connectivity index (χ1) is 10.2. The number of carbonyl (C=O) groups excluding carboxylic acids is 1. The van der Waals surface area contributed by atoms with Gasteiger partial charge in [-0.25, -0.2) is 4.68 Å². The number of nitrogens with zero attached hydrogens (tertiary/aromatic N) is 4. The smallest absolute Gasteiger partial charge is 0.246 e. The Morgan fingerprint density at radius 3 is 3.05 bits per heavy atom. The predicted molar refractivity (Wildman–Crippen MR) is 76.5 cm³/mol. The summed E-state index contributed by atoms with van der Waals surface area (Å²) in [6.45, 7) is -0.000127. The zero-order valence-electron chi connectivity index (χ0n) is 11.0. The number of amides is 1. The van der Waals surface area contributed by atoms with Gasteiger partial charge in [0.15, 0.2) is 0 Å². The third kappa shape index (κ3) is 4.56. The normalized spacial score (nSPS) is 9.81. The van der Waals surface area contributed by atoms with Crippen LogP contribution in [0.5, 0.6) is 0 Å². The molecule has 0 aliphatic rings. The highest BCUT2D eigenvalue weighted by atomic mass is 35.5. The van der Waals surface area contributed by atoms with E-state index in [2.05, 4.69) is 32.7 Å². The van der Waals surface area contributed by atoms with Crippen LogP contribution in [-0.2, 0) is 11.3 Å². The number of carbonyl (C=O) groups is 1. The zero-order valence-corrected chi connectivity index (χ0v) is 11.7. The van der Waals surface area contributed by atoms with E-state index in [1.807, 2.05) is 0 Å². The van der Waals surface area contributed by atoms with Gasteiger partial charge in [-0.05, 0) is 28.6 Å². The number of benzene rings is 1. The van der Waals surface area contributed by atoms with Crippen molar-refractivity contribution in [1.82, 2.24) is 20.2 Å². The van der Waals surface area contributed by atoms with Crippen LogP contribution in [-0.4, -0.2) is 37.8 Å². The SMILES string of the molecule is O=C(Cn1cnnn1)Nc1cc(C#CCCO)ccc1Cl. The maximum Gasteiger partial charge on any atom is 0.246 e. The summed E-state index contributed by atoms with van der Waals surface area (Å²) >= 11 is 6.03. The van der Waals surface area contributed by atoms with Crippen molar-refractivity contribution in [1.29, 1.82) is 0 Å². The number of nitrogens with one attached hydrogen (secondary N) is 1. The van der Waals surface area contributed by atoms with E-state index in [1.54, 1.807) is 18.2 Å². The Kier molecular flexibility index (Phi) is 5.26. The van der Waals surface area contributed by atoms with Gasteiger partial charge in [0, 0.05) is 12.0 Å². The molecule has 21 heavy (non-hydrogen) atoms. The molecule has 8 heteroatoms. The molecule has 0 saturated carbocycles. The van der Waals surface area contributed by atoms with Crippen molar-refractivity contribution in [3.63, 3.8) is 0 Å². The molecular weight excluding hydrogens is 294 g/mol. The molecule has 0 unspecified atom stereocenters. The Labute approximate surface area is 125 Å². The van der Waals surface area contributed by atoms with Crippen molar-refractivity contribution in [2.75, 3.05) is 11.9 Å². The van der Waals surface area contributed by atoms with Gasteiger partial charge in [-0.2, -0.15) is 0 Å². The molecule has 0 radical (unpaired) electrons. The molecule has 2 aromatic rings. The van der Waals surface area contributed by atoms with Crippen LogP contribution in [0.1, 0.15) is 12.0 Å². The summed E-state index contributed by atoms with van der Waals surface area (Å²) in [5.41, 5.74) is 1.16. The zero-order chi connectivity index (χ0) is 15.1. The average Bonchev–Trinajstić information content (AvgIpc) is 2.95. The highest BCUT2D eigenvalue weighted by molar-refractivity contribution is 6.33. The molecule has 2 rings (SSSR count). The Bertz CT molecular complexity index is 676. The van der Waals surface area contributed by atoms with Gasteiger partial charge in [0.25, 0.3) is 0 Å². The third-order valence-corrected chi connectivity index (χ3v) is 2.74. The lowest BCUT2D eigenvalue weighted by Gasteiger charge is -2.07. The molecule has 108 valence electrons. The topological polar surface area (TPSA) is 92.9 Å². The van der Waals surface area contributed by atoms with Crippen LogP contribution in [0, 0.1) is 11.8 Å². The summed E-state index contributed by atoms with van der Waals surface area (Å²) < 4.78 is 1.30. The summed E-state index contributed by atoms with van der Waals surface area (Å²) in [5.74, 6) is 5.37. The maximum atomic E-state index is 11.8. The van der Waals surface area contributed by atoms with E-state index in [-0.39, 0.29) is 19.1 Å². The van der Waals surface area contributed by atoms with Crippen LogP contribution in [0.4, 0.5) is 5.69 Å². The fourth-order valence-electron chi connectivity index (χ4n) is 1.51. The quantitative estimate of drug-likeness (QED) is 0.811. The van der Waals surface area contributed by atoms with Crippen molar-refractivity contribution < 1.29 is 9.90 Å². The summed E-state index contributed by atoms with van der Waals surface area (Å²) in [4.78, 5) is 11.8. The van der Waals surface area contributed by atoms with Gasteiger partial charge in [-0.3, -0.25) is 4.79 Å². The largest absolute Gasteiger partial charge is 0.395 e. The molecule has 1 heterocycles. The number of tetrazole rings is 1. The number of aliphatic hydroxyl groups excluding tert-OH is 1. The Morgan fingerprint density at radius 1 is 1.48 bits per heavy atom. The Hall–Kier alpha value is -2.43. The summed E-state index contributed by atoms with van der Waals surface area (Å²) in [5, 5.41) is 22.3. The molecular formula is C13H12ClN5O2. The number of hydrogen-bond donors (Lipinski definition) is 2. The van der Waals surface area contributed by atoms with Crippen LogP contribution < -0.4 is 5.32 Å². The fourth-order valence-corrected chi connectivity index (χ4v) is 1.67. The van der Waals surface area contributed by atoms with Gasteiger partial charge in [0.1, 0.15) is 12.9 Å². The van der Waals surface area contributed by atoms with Crippen molar-refractivity contribution in [2.45, 2.75) is 13.0 Å². The van der Waals surface area contributed by atoms with Gasteiger partial charge in [0.2, 0.25) is 5.91 Å². The summed E-state index contributed by atoms with van der Waals surface area (Å²) in [6, 6.07) is 5.06. The second-order valence-electron chi connectivity index (χ2n) is 4.03. The number of anilines is 1. The second kappa shape index (κ2) is 7.38. The Balaban J connectivity index is 2.06. The number of hydrogen-bond acceptors (Lipinski definition) is 5. The van der Waals surface area contributed by atoms with Crippen LogP contribution in [0.2, 0.25) is 5.02 Å². The summed E-state index contributed by atoms with van der Waals surface area (Å²) in [7, 11) is 0. The first-order valence-corrected chi connectivity index (χ1v) is 6.47. The lowest BCUT2D eigenvalue weighted by atomic mass is 10.2. The fraction of sp³-hybridized carbons (Fsp3) is 0.231. The van der Waals surface area contributed by atoms with Gasteiger partial charge in [0.05, 0.1) is 17.3 Å². The standard InChI is InChI=1S/C13H12ClN5O2/c14-11-5-4-10(3-1-2-6-20)7-12(11)16-13(21)8-19-9-15-17-18-19/h4-5,7,9,20H,2,6,8H2,(H,16,21). The molecule has 0 saturated heterocycles. The molecule has 7 nitrogen and oxygen atoms in total. The van der Waals surface area contributed by atoms with Crippen LogP contribution in [0.15, 0.2) is 24.5 Å². The molecule has 0 fully saturated rings. The molecule has 1 aromatic carbocycles. The minimum absolute atomic E-state index is 0.0100. The van der Waals surface area contributed by atoms with E-state index < -0.39 is 0 Å². The monoisotopic (exact) mass is 305 g/mol. The molecule has 0 bridgehead atoms. The van der Waals surface area contributed by atoms with E-state index in [1.165, 1.54) is 11.0 Å². The lowest BCUT2D eigenvalue weighted by Crippen LogP contribution is -2.19. The molecule has 0 aliphatic heterocycles. The minimum Gasteiger partial charge on any atom is -0.395 e. The predicted octanol–water partition coefficient (Wildman–Crippen LogP) is 0.699. The highest BCUT2D eigenvalue weighted by Gasteiger charge is 2.08. The second-order valence-corrected chi connectivity index (χ2v) is 4.43. The van der Waals surface area contributed by atoms with Gasteiger partial charge in [-0.15, -0.1) is 5.10 Å². The molecule has 0 spiro atoms. The first-order valence-electron chi connectivity index (χ1n) is 6.09. The van der Waals surface area contributed by atoms with Crippen molar-refractivity contribution in [3.05, 3.63) is 35.1 Å². The van der Waals surface area contributed by atoms with Gasteiger partial charge >= 0.3 is 0 Å². The highest BCUT2D eigenvalue weighted by Crippen LogP contribution is 2.22. The van der Waals surface area contributed by atoms with E-state index in [0.29, 0.717) is 22.7 Å². The molecule has 0 aliphatic carbocycles. The van der Waals surface area contributed by atoms with E-state index in [0.717, 1.165) is 0 Å². The van der Waals surface area contributed by atoms with Crippen LogP contribution in [0.3, 0.4) is 0 Å². The van der Waals surface area contributed by atoms with Gasteiger partial charge in [-0.1, -0.05) is 23.4 Å². The van der Waals surface area contributed by atoms with Crippen LogP contribution in [0.25, 0.3) is 0 Å². The first kappa shape index (κ1) is 15.0. The molecule has 1 amide bonds. The van der Waals surface area contributed by atoms with Crippen molar-refractivity contribution >= 4 is 23.2 Å². The average molecular weight is 306 g/mol. The minimum atomic E-state index is -0.301. The van der Waals surface area contributed by atoms with Crippen molar-refractivity contribution in [3.8, 4) is 11.8 Å². The molecule has 0 atom stereocenters. The van der Waals surface area contributed by atoms with E-state index >= 15 is 0 Å². The summed E-state index contributed by atoms with van der Waals surface area (Å²) in [6.07, 6.45) is 1.74. The molecule has 2 N–H and O–H groups in total. The number of rotatable bonds is 4. The third-order valence-electron chi connectivity index (χ3n) is 2.41. The van der Waals surface area contributed by atoms with E-state index in [9.17, 15) is 4.79 Å². The van der Waals surface area contributed by atoms with Crippen LogP contribution >= 0.6 is 11.6 Å². The molecule has 1 aromatic heterocycles. The number of aromatic nitrogens is 4.